The van der Waals surface area contributed by atoms with Crippen LogP contribution in [0.4, 0.5) is 0 Å². The van der Waals surface area contributed by atoms with E-state index in [2.05, 4.69) is 40.3 Å². The number of thioether (sulfide) groups is 1. The van der Waals surface area contributed by atoms with Gasteiger partial charge >= 0.3 is 0 Å². The molecule has 1 aliphatic carbocycles. The Hall–Kier alpha value is -0.520. The minimum Gasteiger partial charge on any atom is -0.349 e. The average Bonchev–Trinajstić information content (AvgIpc) is 3.30. The first-order chi connectivity index (χ1) is 10.0. The molecule has 0 aliphatic heterocycles. The molecule has 3 nitrogen and oxygen atoms in total. The summed E-state index contributed by atoms with van der Waals surface area (Å²) in [5.74, 6) is 1.66. The highest BCUT2D eigenvalue weighted by Crippen LogP contribution is 2.39. The molecule has 1 atom stereocenters. The summed E-state index contributed by atoms with van der Waals surface area (Å²) in [6, 6.07) is 8.26. The van der Waals surface area contributed by atoms with Gasteiger partial charge in [-0.05, 0) is 62.1 Å². The molecule has 1 aromatic carbocycles. The van der Waals surface area contributed by atoms with Gasteiger partial charge in [-0.15, -0.1) is 11.8 Å². The van der Waals surface area contributed by atoms with Crippen LogP contribution in [0.5, 0.6) is 0 Å². The summed E-state index contributed by atoms with van der Waals surface area (Å²) in [5, 5.41) is 3.13. The van der Waals surface area contributed by atoms with Crippen molar-refractivity contribution >= 4 is 33.6 Å². The van der Waals surface area contributed by atoms with Crippen molar-refractivity contribution in [2.75, 3.05) is 12.3 Å². The quantitative estimate of drug-likeness (QED) is 0.543. The average molecular weight is 371 g/mol. The van der Waals surface area contributed by atoms with Crippen LogP contribution >= 0.6 is 27.7 Å². The van der Waals surface area contributed by atoms with Gasteiger partial charge in [0.25, 0.3) is 0 Å². The first-order valence-corrected chi connectivity index (χ1v) is 9.21. The third-order valence-electron chi connectivity index (χ3n) is 3.96. The molecule has 2 rings (SSSR count). The molecule has 0 heterocycles. The maximum Gasteiger partial charge on any atom is 0.220 e. The Kier molecular flexibility index (Phi) is 6.14. The van der Waals surface area contributed by atoms with Crippen LogP contribution in [0, 0.1) is 5.92 Å². The van der Waals surface area contributed by atoms with Crippen molar-refractivity contribution in [3.63, 3.8) is 0 Å². The molecule has 5 heteroatoms. The Morgan fingerprint density at radius 1 is 1.43 bits per heavy atom. The third-order valence-corrected chi connectivity index (χ3v) is 5.58. The second-order valence-corrected chi connectivity index (χ2v) is 7.93. The van der Waals surface area contributed by atoms with Gasteiger partial charge in [-0.1, -0.05) is 15.9 Å². The smallest absolute Gasteiger partial charge is 0.220 e. The number of hydrogen-bond acceptors (Lipinski definition) is 3. The van der Waals surface area contributed by atoms with Gasteiger partial charge in [0.2, 0.25) is 5.91 Å². The molecule has 0 spiro atoms. The zero-order valence-corrected chi connectivity index (χ0v) is 14.8. The van der Waals surface area contributed by atoms with Crippen LogP contribution in [-0.4, -0.2) is 23.7 Å². The van der Waals surface area contributed by atoms with E-state index in [4.69, 9.17) is 5.73 Å². The Morgan fingerprint density at radius 3 is 2.67 bits per heavy atom. The first-order valence-electron chi connectivity index (χ1n) is 7.43. The summed E-state index contributed by atoms with van der Waals surface area (Å²) in [7, 11) is 0. The van der Waals surface area contributed by atoms with Crippen LogP contribution in [0.2, 0.25) is 0 Å². The summed E-state index contributed by atoms with van der Waals surface area (Å²) < 4.78 is 1.09. The molecule has 0 saturated heterocycles. The number of rotatable bonds is 8. The number of carbonyl (C=O) groups is 1. The molecule has 1 fully saturated rings. The van der Waals surface area contributed by atoms with Crippen LogP contribution in [0.1, 0.15) is 32.6 Å². The van der Waals surface area contributed by atoms with E-state index in [0.717, 1.165) is 16.6 Å². The van der Waals surface area contributed by atoms with Crippen LogP contribution in [0.15, 0.2) is 33.6 Å². The fourth-order valence-electron chi connectivity index (χ4n) is 2.37. The van der Waals surface area contributed by atoms with E-state index in [0.29, 0.717) is 18.9 Å². The Bertz CT molecular complexity index is 476. The first kappa shape index (κ1) is 16.8. The van der Waals surface area contributed by atoms with E-state index >= 15 is 0 Å². The van der Waals surface area contributed by atoms with E-state index < -0.39 is 0 Å². The van der Waals surface area contributed by atoms with Gasteiger partial charge in [0.05, 0.1) is 5.54 Å². The molecule has 1 amide bonds. The van der Waals surface area contributed by atoms with Crippen molar-refractivity contribution in [2.45, 2.75) is 43.0 Å². The SMILES string of the molecule is CC(CN)(NC(=O)CCCSc1ccc(Br)cc1)C1CC1. The Morgan fingerprint density at radius 2 is 2.10 bits per heavy atom. The predicted octanol–water partition coefficient (Wildman–Crippen LogP) is 3.57. The number of carbonyl (C=O) groups excluding carboxylic acids is 1. The molecule has 116 valence electrons. The topological polar surface area (TPSA) is 55.1 Å². The molecule has 0 bridgehead atoms. The zero-order valence-electron chi connectivity index (χ0n) is 12.4. The molecule has 1 aliphatic rings. The molecular weight excluding hydrogens is 348 g/mol. The van der Waals surface area contributed by atoms with E-state index in [1.54, 1.807) is 11.8 Å². The fourth-order valence-corrected chi connectivity index (χ4v) is 3.49. The van der Waals surface area contributed by atoms with Gasteiger partial charge < -0.3 is 11.1 Å². The molecule has 1 aromatic rings. The molecule has 0 radical (unpaired) electrons. The molecule has 21 heavy (non-hydrogen) atoms. The summed E-state index contributed by atoms with van der Waals surface area (Å²) in [5.41, 5.74) is 5.62. The monoisotopic (exact) mass is 370 g/mol. The minimum absolute atomic E-state index is 0.131. The third kappa shape index (κ3) is 5.31. The van der Waals surface area contributed by atoms with Gasteiger partial charge in [0.1, 0.15) is 0 Å². The van der Waals surface area contributed by atoms with Gasteiger partial charge in [0.15, 0.2) is 0 Å². The van der Waals surface area contributed by atoms with Crippen molar-refractivity contribution in [2.24, 2.45) is 11.7 Å². The number of halogens is 1. The molecular formula is C16H23BrN2OS. The zero-order chi connectivity index (χ0) is 15.3. The van der Waals surface area contributed by atoms with Crippen LogP contribution in [0.25, 0.3) is 0 Å². The Balaban J connectivity index is 1.66. The van der Waals surface area contributed by atoms with E-state index in [1.165, 1.54) is 17.7 Å². The van der Waals surface area contributed by atoms with Crippen molar-refractivity contribution in [1.29, 1.82) is 0 Å². The second-order valence-electron chi connectivity index (χ2n) is 5.85. The number of hydrogen-bond donors (Lipinski definition) is 2. The highest BCUT2D eigenvalue weighted by Gasteiger charge is 2.41. The van der Waals surface area contributed by atoms with Crippen LogP contribution in [0.3, 0.4) is 0 Å². The summed E-state index contributed by atoms with van der Waals surface area (Å²) >= 11 is 5.21. The minimum atomic E-state index is -0.198. The van der Waals surface area contributed by atoms with E-state index in [-0.39, 0.29) is 11.4 Å². The lowest BCUT2D eigenvalue weighted by molar-refractivity contribution is -0.123. The molecule has 1 unspecified atom stereocenters. The number of nitrogens with two attached hydrogens (primary N) is 1. The summed E-state index contributed by atoms with van der Waals surface area (Å²) in [6.45, 7) is 2.59. The maximum absolute atomic E-state index is 12.0. The summed E-state index contributed by atoms with van der Waals surface area (Å²) in [4.78, 5) is 13.3. The molecule has 1 saturated carbocycles. The van der Waals surface area contributed by atoms with Crippen molar-refractivity contribution in [1.82, 2.24) is 5.32 Å². The van der Waals surface area contributed by atoms with Crippen molar-refractivity contribution in [3.05, 3.63) is 28.7 Å². The van der Waals surface area contributed by atoms with Gasteiger partial charge in [-0.25, -0.2) is 0 Å². The fraction of sp³-hybridized carbons (Fsp3) is 0.562. The maximum atomic E-state index is 12.0. The predicted molar refractivity (Wildman–Crippen MR) is 92.4 cm³/mol. The van der Waals surface area contributed by atoms with Crippen molar-refractivity contribution in [3.8, 4) is 0 Å². The van der Waals surface area contributed by atoms with Crippen molar-refractivity contribution < 1.29 is 4.79 Å². The number of benzene rings is 1. The normalized spacial score (nSPS) is 17.3. The molecule has 0 aromatic heterocycles. The summed E-state index contributed by atoms with van der Waals surface area (Å²) in [6.07, 6.45) is 3.84. The van der Waals surface area contributed by atoms with Crippen LogP contribution < -0.4 is 11.1 Å². The largest absolute Gasteiger partial charge is 0.349 e. The lowest BCUT2D eigenvalue weighted by Crippen LogP contribution is -2.53. The lowest BCUT2D eigenvalue weighted by atomic mass is 9.95. The van der Waals surface area contributed by atoms with E-state index in [1.807, 2.05) is 12.1 Å². The Labute approximate surface area is 139 Å². The van der Waals surface area contributed by atoms with Gasteiger partial charge in [-0.3, -0.25) is 4.79 Å². The standard InChI is InChI=1S/C16H23BrN2OS/c1-16(11-18,12-4-5-12)19-15(20)3-2-10-21-14-8-6-13(17)7-9-14/h6-9,12H,2-5,10-11,18H2,1H3,(H,19,20). The number of amides is 1. The van der Waals surface area contributed by atoms with Crippen LogP contribution in [-0.2, 0) is 4.79 Å². The van der Waals surface area contributed by atoms with Gasteiger partial charge in [-0.2, -0.15) is 0 Å². The number of nitrogens with one attached hydrogen (secondary N) is 1. The molecule has 3 N–H and O–H groups in total. The van der Waals surface area contributed by atoms with Gasteiger partial charge in [0, 0.05) is 22.3 Å². The highest BCUT2D eigenvalue weighted by atomic mass is 79.9. The van der Waals surface area contributed by atoms with E-state index in [9.17, 15) is 4.79 Å². The lowest BCUT2D eigenvalue weighted by Gasteiger charge is -2.29. The highest BCUT2D eigenvalue weighted by molar-refractivity contribution is 9.10. The second kappa shape index (κ2) is 7.65.